The Morgan fingerprint density at radius 3 is 2.39 bits per heavy atom. The molecule has 0 radical (unpaired) electrons. The topological polar surface area (TPSA) is 107 Å². The van der Waals surface area contributed by atoms with Gasteiger partial charge in [-0.2, -0.15) is 0 Å². The van der Waals surface area contributed by atoms with Gasteiger partial charge in [0.25, 0.3) is 10.0 Å². The summed E-state index contributed by atoms with van der Waals surface area (Å²) in [5.74, 6) is 0.642. The van der Waals surface area contributed by atoms with Crippen molar-refractivity contribution in [2.75, 3.05) is 30.8 Å². The highest BCUT2D eigenvalue weighted by Crippen LogP contribution is 2.32. The van der Waals surface area contributed by atoms with E-state index in [1.807, 2.05) is 6.92 Å². The number of fused-ring (bicyclic) bond motifs is 1. The van der Waals surface area contributed by atoms with Crippen LogP contribution in [-0.2, 0) is 10.0 Å². The predicted octanol–water partition coefficient (Wildman–Crippen LogP) is 3.04. The van der Waals surface area contributed by atoms with Crippen LogP contribution in [0.25, 0.3) is 11.0 Å². The predicted molar refractivity (Wildman–Crippen MR) is 107 cm³/mol. The zero-order valence-corrected chi connectivity index (χ0v) is 16.4. The molecule has 2 aromatic carbocycles. The number of methoxy groups -OCH3 is 2. The molecule has 0 aliphatic carbocycles. The molecule has 0 fully saturated rings. The summed E-state index contributed by atoms with van der Waals surface area (Å²) in [7, 11) is -1.23. The lowest BCUT2D eigenvalue weighted by Gasteiger charge is -2.15. The molecule has 0 amide bonds. The molecule has 2 N–H and O–H groups in total. The van der Waals surface area contributed by atoms with Crippen LogP contribution in [0.3, 0.4) is 0 Å². The van der Waals surface area contributed by atoms with Crippen LogP contribution in [0.1, 0.15) is 6.92 Å². The molecule has 0 saturated heterocycles. The minimum atomic E-state index is -4.09. The van der Waals surface area contributed by atoms with Crippen LogP contribution < -0.4 is 25.1 Å². The molecular weight excluding hydrogens is 384 g/mol. The van der Waals surface area contributed by atoms with E-state index in [0.29, 0.717) is 29.0 Å². The number of anilines is 2. The number of para-hydroxylation sites is 1. The Balaban J connectivity index is 2.12. The fourth-order valence-corrected chi connectivity index (χ4v) is 3.86. The first kappa shape index (κ1) is 19.6. The average molecular weight is 404 g/mol. The van der Waals surface area contributed by atoms with Crippen LogP contribution in [0.4, 0.5) is 11.4 Å². The lowest BCUT2D eigenvalue weighted by Crippen LogP contribution is -2.20. The Morgan fingerprint density at radius 2 is 1.71 bits per heavy atom. The summed E-state index contributed by atoms with van der Waals surface area (Å²) in [5.41, 5.74) is -0.259. The second kappa shape index (κ2) is 7.81. The molecule has 148 valence electrons. The van der Waals surface area contributed by atoms with Crippen molar-refractivity contribution in [3.05, 3.63) is 52.9 Å². The summed E-state index contributed by atoms with van der Waals surface area (Å²) in [4.78, 5) is 12.4. The molecule has 0 saturated carbocycles. The third-order valence-corrected chi connectivity index (χ3v) is 5.42. The van der Waals surface area contributed by atoms with Crippen LogP contribution in [0.15, 0.2) is 56.6 Å². The first-order valence-corrected chi connectivity index (χ1v) is 9.94. The van der Waals surface area contributed by atoms with E-state index in [9.17, 15) is 13.2 Å². The SMILES string of the molecule is CCNc1c(NS(=O)(=O)c2ccc(OC)c(OC)c2)c(=O)oc2ccccc12. The fraction of sp³-hybridized carbons (Fsp3) is 0.211. The zero-order valence-electron chi connectivity index (χ0n) is 15.6. The maximum absolute atomic E-state index is 12.9. The average Bonchev–Trinajstić information content (AvgIpc) is 2.70. The summed E-state index contributed by atoms with van der Waals surface area (Å²) in [6.07, 6.45) is 0. The number of hydrogen-bond acceptors (Lipinski definition) is 7. The van der Waals surface area contributed by atoms with Crippen LogP contribution in [-0.4, -0.2) is 29.2 Å². The summed E-state index contributed by atoms with van der Waals surface area (Å²) >= 11 is 0. The Morgan fingerprint density at radius 1 is 1.00 bits per heavy atom. The number of benzene rings is 2. The van der Waals surface area contributed by atoms with E-state index in [-0.39, 0.29) is 16.3 Å². The number of hydrogen-bond donors (Lipinski definition) is 2. The van der Waals surface area contributed by atoms with Gasteiger partial charge in [-0.15, -0.1) is 0 Å². The quantitative estimate of drug-likeness (QED) is 0.583. The van der Waals surface area contributed by atoms with Crippen molar-refractivity contribution in [2.45, 2.75) is 11.8 Å². The summed E-state index contributed by atoms with van der Waals surface area (Å²) in [5, 5.41) is 3.63. The first-order chi connectivity index (χ1) is 13.4. The Hall–Kier alpha value is -3.20. The van der Waals surface area contributed by atoms with E-state index in [2.05, 4.69) is 10.0 Å². The lowest BCUT2D eigenvalue weighted by molar-refractivity contribution is 0.354. The highest BCUT2D eigenvalue weighted by molar-refractivity contribution is 7.92. The molecule has 3 aromatic rings. The van der Waals surface area contributed by atoms with Crippen LogP contribution in [0.5, 0.6) is 11.5 Å². The van der Waals surface area contributed by atoms with E-state index in [0.717, 1.165) is 0 Å². The molecule has 0 aliphatic rings. The van der Waals surface area contributed by atoms with Crippen molar-refractivity contribution in [3.63, 3.8) is 0 Å². The smallest absolute Gasteiger partial charge is 0.363 e. The van der Waals surface area contributed by atoms with Crippen LogP contribution >= 0.6 is 0 Å². The van der Waals surface area contributed by atoms with Crippen LogP contribution in [0, 0.1) is 0 Å². The largest absolute Gasteiger partial charge is 0.493 e. The van der Waals surface area contributed by atoms with Gasteiger partial charge in [-0.1, -0.05) is 12.1 Å². The van der Waals surface area contributed by atoms with Gasteiger partial charge in [-0.05, 0) is 31.2 Å². The molecule has 1 heterocycles. The van der Waals surface area contributed by atoms with Crippen molar-refractivity contribution in [1.82, 2.24) is 0 Å². The second-order valence-corrected chi connectivity index (χ2v) is 7.47. The maximum atomic E-state index is 12.9. The number of rotatable bonds is 7. The van der Waals surface area contributed by atoms with Crippen molar-refractivity contribution in [1.29, 1.82) is 0 Å². The molecule has 8 nitrogen and oxygen atoms in total. The van der Waals surface area contributed by atoms with Gasteiger partial charge in [0.1, 0.15) is 5.58 Å². The summed E-state index contributed by atoms with van der Waals surface area (Å²) in [6, 6.07) is 11.0. The van der Waals surface area contributed by atoms with Gasteiger partial charge in [-0.25, -0.2) is 13.2 Å². The number of ether oxygens (including phenoxy) is 2. The molecule has 28 heavy (non-hydrogen) atoms. The van der Waals surface area contributed by atoms with Crippen molar-refractivity contribution in [3.8, 4) is 11.5 Å². The van der Waals surface area contributed by atoms with E-state index < -0.39 is 15.6 Å². The fourth-order valence-electron chi connectivity index (χ4n) is 2.78. The number of sulfonamides is 1. The molecule has 0 aliphatic heterocycles. The van der Waals surface area contributed by atoms with Gasteiger partial charge < -0.3 is 19.2 Å². The van der Waals surface area contributed by atoms with Gasteiger partial charge in [0.15, 0.2) is 17.2 Å². The molecule has 0 unspecified atom stereocenters. The molecule has 0 spiro atoms. The molecule has 0 bridgehead atoms. The normalized spacial score (nSPS) is 11.2. The van der Waals surface area contributed by atoms with E-state index in [1.54, 1.807) is 24.3 Å². The van der Waals surface area contributed by atoms with Gasteiger partial charge in [0, 0.05) is 18.0 Å². The third kappa shape index (κ3) is 3.61. The van der Waals surface area contributed by atoms with Crippen molar-refractivity contribution < 1.29 is 22.3 Å². The Labute approximate surface area is 162 Å². The monoisotopic (exact) mass is 404 g/mol. The highest BCUT2D eigenvalue weighted by Gasteiger charge is 2.23. The molecular formula is C19H20N2O6S. The first-order valence-electron chi connectivity index (χ1n) is 8.45. The Kier molecular flexibility index (Phi) is 5.46. The van der Waals surface area contributed by atoms with Gasteiger partial charge in [-0.3, -0.25) is 4.72 Å². The lowest BCUT2D eigenvalue weighted by atomic mass is 10.2. The van der Waals surface area contributed by atoms with Gasteiger partial charge in [0.05, 0.1) is 24.8 Å². The van der Waals surface area contributed by atoms with Crippen molar-refractivity contribution in [2.24, 2.45) is 0 Å². The third-order valence-electron chi connectivity index (χ3n) is 4.07. The summed E-state index contributed by atoms with van der Waals surface area (Å²) < 4.78 is 43.7. The van der Waals surface area contributed by atoms with Gasteiger partial charge in [0.2, 0.25) is 0 Å². The van der Waals surface area contributed by atoms with E-state index in [1.165, 1.54) is 32.4 Å². The van der Waals surface area contributed by atoms with E-state index >= 15 is 0 Å². The molecule has 9 heteroatoms. The zero-order chi connectivity index (χ0) is 20.3. The minimum absolute atomic E-state index is 0.0832. The molecule has 1 aromatic heterocycles. The van der Waals surface area contributed by atoms with Crippen molar-refractivity contribution >= 4 is 32.4 Å². The van der Waals surface area contributed by atoms with E-state index in [4.69, 9.17) is 13.9 Å². The van der Waals surface area contributed by atoms with Crippen LogP contribution in [0.2, 0.25) is 0 Å². The second-order valence-electron chi connectivity index (χ2n) is 5.79. The molecule has 3 rings (SSSR count). The number of nitrogens with one attached hydrogen (secondary N) is 2. The molecule has 0 atom stereocenters. The standard InChI is InChI=1S/C19H20N2O6S/c1-4-20-17-13-7-5-6-8-14(13)27-19(22)18(17)21-28(23,24)12-9-10-15(25-2)16(11-12)26-3/h5-11,20-21H,4H2,1-3H3. The van der Waals surface area contributed by atoms with Gasteiger partial charge >= 0.3 is 5.63 Å². The summed E-state index contributed by atoms with van der Waals surface area (Å²) in [6.45, 7) is 2.33. The highest BCUT2D eigenvalue weighted by atomic mass is 32.2. The maximum Gasteiger partial charge on any atom is 0.363 e. The minimum Gasteiger partial charge on any atom is -0.493 e. The Bertz CT molecular complexity index is 1170.